The number of nitrogens with zero attached hydrogens (tertiary/aromatic N) is 5. The van der Waals surface area contributed by atoms with Crippen LogP contribution in [0, 0.1) is 29.6 Å². The molecule has 1 amide bonds. The van der Waals surface area contributed by atoms with Gasteiger partial charge in [-0.1, -0.05) is 0 Å². The number of nitriles is 2. The van der Waals surface area contributed by atoms with Gasteiger partial charge < -0.3 is 10.1 Å². The molecule has 0 bridgehead atoms. The van der Waals surface area contributed by atoms with Crippen molar-refractivity contribution < 1.29 is 9.53 Å². The Morgan fingerprint density at radius 1 is 1.48 bits per heavy atom. The van der Waals surface area contributed by atoms with Gasteiger partial charge in [-0.2, -0.15) is 15.6 Å². The molecule has 124 valence electrons. The van der Waals surface area contributed by atoms with Crippen LogP contribution in [0.5, 0.6) is 5.75 Å². The number of hydrogen-bond acceptors (Lipinski definition) is 6. The van der Waals surface area contributed by atoms with Crippen molar-refractivity contribution in [3.05, 3.63) is 41.0 Å². The average Bonchev–Trinajstić information content (AvgIpc) is 3.14. The second kappa shape index (κ2) is 6.34. The van der Waals surface area contributed by atoms with E-state index in [0.29, 0.717) is 28.5 Å². The summed E-state index contributed by atoms with van der Waals surface area (Å²) in [6, 6.07) is 7.37. The van der Waals surface area contributed by atoms with E-state index in [1.54, 1.807) is 29.7 Å². The molecule has 0 aliphatic heterocycles. The summed E-state index contributed by atoms with van der Waals surface area (Å²) >= 11 is 0. The summed E-state index contributed by atoms with van der Waals surface area (Å²) in [6.45, 7) is 1.71. The van der Waals surface area contributed by atoms with Crippen LogP contribution in [0.25, 0.3) is 5.65 Å². The van der Waals surface area contributed by atoms with Gasteiger partial charge in [-0.15, -0.1) is 0 Å². The Kier molecular flexibility index (Phi) is 4.06. The van der Waals surface area contributed by atoms with E-state index in [2.05, 4.69) is 20.5 Å². The average molecular weight is 335 g/mol. The number of methoxy groups -OCH3 is 1. The third-order valence-electron chi connectivity index (χ3n) is 3.66. The van der Waals surface area contributed by atoms with Crippen LogP contribution >= 0.6 is 0 Å². The van der Waals surface area contributed by atoms with Crippen molar-refractivity contribution in [3.63, 3.8) is 0 Å². The fraction of sp³-hybridized carbons (Fsp3) is 0.188. The maximum Gasteiger partial charge on any atom is 0.275 e. The predicted molar refractivity (Wildman–Crippen MR) is 87.1 cm³/mol. The number of nitrogens with one attached hydrogen (secondary N) is 2. The summed E-state index contributed by atoms with van der Waals surface area (Å²) in [7, 11) is 1.53. The van der Waals surface area contributed by atoms with Crippen molar-refractivity contribution in [3.8, 4) is 17.9 Å². The summed E-state index contributed by atoms with van der Waals surface area (Å²) in [5.74, 6) is 0.151. The third kappa shape index (κ3) is 2.64. The number of pyridine rings is 1. The number of ether oxygens (including phenoxy) is 1. The SMILES string of the molecule is COc1cccn2c(C(=O)Nc3n[nH]c(CC#N)c3C#N)c(C)nc12. The maximum atomic E-state index is 12.7. The van der Waals surface area contributed by atoms with Gasteiger partial charge in [0, 0.05) is 6.20 Å². The normalized spacial score (nSPS) is 10.2. The summed E-state index contributed by atoms with van der Waals surface area (Å²) in [4.78, 5) is 17.1. The first-order chi connectivity index (χ1) is 12.1. The fourth-order valence-corrected chi connectivity index (χ4v) is 2.55. The summed E-state index contributed by atoms with van der Waals surface area (Å²) in [5, 5.41) is 27.1. The van der Waals surface area contributed by atoms with Crippen LogP contribution in [0.4, 0.5) is 5.82 Å². The van der Waals surface area contributed by atoms with Crippen LogP contribution in [0.15, 0.2) is 18.3 Å². The molecule has 0 saturated carbocycles. The zero-order chi connectivity index (χ0) is 18.0. The van der Waals surface area contributed by atoms with Crippen LogP contribution in [-0.2, 0) is 6.42 Å². The lowest BCUT2D eigenvalue weighted by molar-refractivity contribution is 0.102. The number of H-pyrrole nitrogens is 1. The Labute approximate surface area is 142 Å². The molecule has 0 radical (unpaired) electrons. The van der Waals surface area contributed by atoms with Crippen molar-refractivity contribution in [1.82, 2.24) is 19.6 Å². The van der Waals surface area contributed by atoms with Crippen LogP contribution < -0.4 is 10.1 Å². The summed E-state index contributed by atoms with van der Waals surface area (Å²) in [5.41, 5.74) is 1.83. The van der Waals surface area contributed by atoms with E-state index in [-0.39, 0.29) is 17.8 Å². The van der Waals surface area contributed by atoms with Gasteiger partial charge in [-0.05, 0) is 19.1 Å². The maximum absolute atomic E-state index is 12.7. The molecule has 3 aromatic rings. The van der Waals surface area contributed by atoms with Crippen LogP contribution in [0.3, 0.4) is 0 Å². The van der Waals surface area contributed by atoms with Gasteiger partial charge >= 0.3 is 0 Å². The van der Waals surface area contributed by atoms with E-state index in [4.69, 9.17) is 10.00 Å². The Morgan fingerprint density at radius 2 is 2.28 bits per heavy atom. The second-order valence-electron chi connectivity index (χ2n) is 5.14. The van der Waals surface area contributed by atoms with Crippen molar-refractivity contribution in [1.29, 1.82) is 10.5 Å². The highest BCUT2D eigenvalue weighted by Gasteiger charge is 2.21. The molecule has 0 aliphatic rings. The van der Waals surface area contributed by atoms with Crippen molar-refractivity contribution in [2.24, 2.45) is 0 Å². The van der Waals surface area contributed by atoms with Crippen molar-refractivity contribution in [2.45, 2.75) is 13.3 Å². The zero-order valence-corrected chi connectivity index (χ0v) is 13.5. The minimum atomic E-state index is -0.468. The Bertz CT molecular complexity index is 1050. The molecule has 25 heavy (non-hydrogen) atoms. The van der Waals surface area contributed by atoms with Gasteiger partial charge in [0.25, 0.3) is 5.91 Å². The number of carbonyl (C=O) groups is 1. The standard InChI is InChI=1S/C16H13N7O2/c1-9-13(23-7-3-4-12(25-2)15(23)19-9)16(24)20-14-10(8-18)11(5-6-17)21-22-14/h3-4,7H,5H2,1-2H3,(H2,20,21,22,24). The van der Waals surface area contributed by atoms with Gasteiger partial charge in [0.15, 0.2) is 17.2 Å². The monoisotopic (exact) mass is 335 g/mol. The lowest BCUT2D eigenvalue weighted by Gasteiger charge is -2.05. The highest BCUT2D eigenvalue weighted by molar-refractivity contribution is 6.04. The molecule has 0 aromatic carbocycles. The lowest BCUT2D eigenvalue weighted by Crippen LogP contribution is -2.16. The number of amides is 1. The molecule has 2 N–H and O–H groups in total. The molecule has 0 atom stereocenters. The molecule has 0 fully saturated rings. The number of hydrogen-bond donors (Lipinski definition) is 2. The van der Waals surface area contributed by atoms with E-state index in [0.717, 1.165) is 0 Å². The first-order valence-electron chi connectivity index (χ1n) is 7.28. The molecule has 9 heteroatoms. The van der Waals surface area contributed by atoms with Gasteiger partial charge in [0.2, 0.25) is 0 Å². The molecule has 0 saturated heterocycles. The number of aryl methyl sites for hydroxylation is 1. The van der Waals surface area contributed by atoms with E-state index in [1.165, 1.54) is 7.11 Å². The lowest BCUT2D eigenvalue weighted by atomic mass is 10.2. The van der Waals surface area contributed by atoms with E-state index in [1.807, 2.05) is 12.1 Å². The predicted octanol–water partition coefficient (Wildman–Crippen LogP) is 1.56. The van der Waals surface area contributed by atoms with E-state index < -0.39 is 5.91 Å². The highest BCUT2D eigenvalue weighted by atomic mass is 16.5. The number of carbonyl (C=O) groups excluding carboxylic acids is 1. The highest BCUT2D eigenvalue weighted by Crippen LogP contribution is 2.23. The van der Waals surface area contributed by atoms with E-state index in [9.17, 15) is 10.1 Å². The van der Waals surface area contributed by atoms with Gasteiger partial charge in [0.05, 0.1) is 31.0 Å². The summed E-state index contributed by atoms with van der Waals surface area (Å²) in [6.07, 6.45) is 1.70. The first kappa shape index (κ1) is 16.0. The Balaban J connectivity index is 2.01. The fourth-order valence-electron chi connectivity index (χ4n) is 2.55. The van der Waals surface area contributed by atoms with Gasteiger partial charge in [-0.3, -0.25) is 14.3 Å². The molecular weight excluding hydrogens is 322 g/mol. The third-order valence-corrected chi connectivity index (χ3v) is 3.66. The quantitative estimate of drug-likeness (QED) is 0.743. The zero-order valence-electron chi connectivity index (χ0n) is 13.5. The number of anilines is 1. The number of fused-ring (bicyclic) bond motifs is 1. The molecule has 3 heterocycles. The van der Waals surface area contributed by atoms with Crippen molar-refractivity contribution in [2.75, 3.05) is 12.4 Å². The molecular formula is C16H13N7O2. The number of rotatable bonds is 4. The van der Waals surface area contributed by atoms with Crippen molar-refractivity contribution >= 4 is 17.4 Å². The number of aromatic amines is 1. The largest absolute Gasteiger partial charge is 0.493 e. The molecule has 0 spiro atoms. The number of aromatic nitrogens is 4. The topological polar surface area (TPSA) is 132 Å². The number of imidazole rings is 1. The van der Waals surface area contributed by atoms with Crippen LogP contribution in [0.1, 0.15) is 27.4 Å². The second-order valence-corrected chi connectivity index (χ2v) is 5.14. The molecule has 0 unspecified atom stereocenters. The van der Waals surface area contributed by atoms with Gasteiger partial charge in [-0.25, -0.2) is 4.98 Å². The van der Waals surface area contributed by atoms with Gasteiger partial charge in [0.1, 0.15) is 17.3 Å². The molecule has 0 aliphatic carbocycles. The minimum absolute atomic E-state index is 0.00238. The smallest absolute Gasteiger partial charge is 0.275 e. The Hall–Kier alpha value is -3.85. The molecule has 3 aromatic heterocycles. The Morgan fingerprint density at radius 3 is 2.96 bits per heavy atom. The minimum Gasteiger partial charge on any atom is -0.493 e. The summed E-state index contributed by atoms with van der Waals surface area (Å²) < 4.78 is 6.86. The molecule has 3 rings (SSSR count). The van der Waals surface area contributed by atoms with Crippen LogP contribution in [-0.4, -0.2) is 32.6 Å². The molecule has 9 nitrogen and oxygen atoms in total. The first-order valence-corrected chi connectivity index (χ1v) is 7.28. The van der Waals surface area contributed by atoms with Crippen LogP contribution in [0.2, 0.25) is 0 Å². The van der Waals surface area contributed by atoms with E-state index >= 15 is 0 Å².